The van der Waals surface area contributed by atoms with E-state index in [1.807, 2.05) is 19.6 Å². The summed E-state index contributed by atoms with van der Waals surface area (Å²) in [5.74, 6) is 0. The van der Waals surface area contributed by atoms with Crippen LogP contribution in [0.3, 0.4) is 0 Å². The van der Waals surface area contributed by atoms with E-state index in [9.17, 15) is 0 Å². The first-order chi connectivity index (χ1) is 8.31. The van der Waals surface area contributed by atoms with Crippen LogP contribution in [0.25, 0.3) is 0 Å². The summed E-state index contributed by atoms with van der Waals surface area (Å²) < 4.78 is 2.08. The molecule has 2 rings (SSSR count). The molecule has 1 aromatic heterocycles. The Hall–Kier alpha value is -1.61. The lowest BCUT2D eigenvalue weighted by Crippen LogP contribution is -2.24. The molecular weight excluding hydrogens is 210 g/mol. The van der Waals surface area contributed by atoms with Crippen LogP contribution in [0, 0.1) is 0 Å². The Morgan fingerprint density at radius 2 is 2.06 bits per heavy atom. The van der Waals surface area contributed by atoms with Crippen LogP contribution in [-0.2, 0) is 13.5 Å². The minimum Gasteiger partial charge on any atom is -0.336 e. The van der Waals surface area contributed by atoms with Gasteiger partial charge in [-0.1, -0.05) is 37.3 Å². The Morgan fingerprint density at radius 3 is 2.65 bits per heavy atom. The monoisotopic (exact) mass is 229 g/mol. The van der Waals surface area contributed by atoms with Gasteiger partial charge in [-0.2, -0.15) is 0 Å². The molecule has 3 nitrogen and oxygen atoms in total. The Balaban J connectivity index is 2.16. The second-order valence-corrected chi connectivity index (χ2v) is 4.23. The first-order valence-corrected chi connectivity index (χ1v) is 6.04. The number of aromatic nitrogens is 2. The van der Waals surface area contributed by atoms with Gasteiger partial charge in [0.1, 0.15) is 0 Å². The van der Waals surface area contributed by atoms with Crippen molar-refractivity contribution in [2.45, 2.75) is 19.4 Å². The van der Waals surface area contributed by atoms with Gasteiger partial charge in [0.15, 0.2) is 0 Å². The summed E-state index contributed by atoms with van der Waals surface area (Å²) >= 11 is 0. The van der Waals surface area contributed by atoms with Crippen LogP contribution in [0.4, 0.5) is 0 Å². The first kappa shape index (κ1) is 11.9. The van der Waals surface area contributed by atoms with Gasteiger partial charge in [-0.15, -0.1) is 0 Å². The number of nitrogens with zero attached hydrogens (tertiary/aromatic N) is 2. The average molecular weight is 229 g/mol. The van der Waals surface area contributed by atoms with Gasteiger partial charge in [-0.25, -0.2) is 4.98 Å². The predicted octanol–water partition coefficient (Wildman–Crippen LogP) is 2.31. The van der Waals surface area contributed by atoms with E-state index in [4.69, 9.17) is 0 Å². The fourth-order valence-corrected chi connectivity index (χ4v) is 2.08. The lowest BCUT2D eigenvalue weighted by Gasteiger charge is -2.18. The Kier molecular flexibility index (Phi) is 3.94. The van der Waals surface area contributed by atoms with Crippen LogP contribution >= 0.6 is 0 Å². The number of benzene rings is 1. The standard InChI is InChI=1S/C14H19N3/c1-3-16-13(14-10-15-11-17(14)2)9-12-7-5-4-6-8-12/h4-8,10-11,13,16H,3,9H2,1-2H3. The molecule has 0 aliphatic heterocycles. The van der Waals surface area contributed by atoms with Crippen molar-refractivity contribution < 1.29 is 0 Å². The Bertz CT molecular complexity index is 448. The maximum absolute atomic E-state index is 4.19. The third-order valence-electron chi connectivity index (χ3n) is 2.94. The summed E-state index contributed by atoms with van der Waals surface area (Å²) in [7, 11) is 2.04. The lowest BCUT2D eigenvalue weighted by molar-refractivity contribution is 0.520. The molecule has 17 heavy (non-hydrogen) atoms. The van der Waals surface area contributed by atoms with Gasteiger partial charge in [0.05, 0.1) is 18.1 Å². The Morgan fingerprint density at radius 1 is 1.29 bits per heavy atom. The van der Waals surface area contributed by atoms with E-state index in [-0.39, 0.29) is 0 Å². The normalized spacial score (nSPS) is 12.6. The number of hydrogen-bond donors (Lipinski definition) is 1. The summed E-state index contributed by atoms with van der Waals surface area (Å²) in [5.41, 5.74) is 2.58. The molecule has 0 saturated heterocycles. The minimum absolute atomic E-state index is 0.329. The smallest absolute Gasteiger partial charge is 0.0946 e. The molecule has 0 saturated carbocycles. The van der Waals surface area contributed by atoms with Crippen molar-refractivity contribution in [1.82, 2.24) is 14.9 Å². The molecular formula is C14H19N3. The molecule has 0 radical (unpaired) electrons. The third kappa shape index (κ3) is 2.94. The second-order valence-electron chi connectivity index (χ2n) is 4.23. The van der Waals surface area contributed by atoms with Gasteiger partial charge in [-0.05, 0) is 18.5 Å². The first-order valence-electron chi connectivity index (χ1n) is 6.04. The summed E-state index contributed by atoms with van der Waals surface area (Å²) in [5, 5.41) is 3.51. The molecule has 0 spiro atoms. The van der Waals surface area contributed by atoms with Crippen molar-refractivity contribution in [3.8, 4) is 0 Å². The molecule has 3 heteroatoms. The van der Waals surface area contributed by atoms with Crippen molar-refractivity contribution >= 4 is 0 Å². The van der Waals surface area contributed by atoms with Crippen LogP contribution in [0.15, 0.2) is 42.9 Å². The third-order valence-corrected chi connectivity index (χ3v) is 2.94. The van der Waals surface area contributed by atoms with E-state index in [0.29, 0.717) is 6.04 Å². The lowest BCUT2D eigenvalue weighted by atomic mass is 10.0. The highest BCUT2D eigenvalue weighted by Gasteiger charge is 2.13. The molecule has 1 heterocycles. The van der Waals surface area contributed by atoms with Crippen LogP contribution in [-0.4, -0.2) is 16.1 Å². The van der Waals surface area contributed by atoms with E-state index < -0.39 is 0 Å². The molecule has 1 N–H and O–H groups in total. The van der Waals surface area contributed by atoms with Gasteiger partial charge >= 0.3 is 0 Å². The second kappa shape index (κ2) is 5.64. The molecule has 1 aromatic carbocycles. The van der Waals surface area contributed by atoms with Gasteiger partial charge in [0, 0.05) is 13.2 Å². The van der Waals surface area contributed by atoms with Gasteiger partial charge < -0.3 is 9.88 Å². The number of imidazole rings is 1. The largest absolute Gasteiger partial charge is 0.336 e. The van der Waals surface area contributed by atoms with E-state index in [1.54, 1.807) is 0 Å². The van der Waals surface area contributed by atoms with Crippen molar-refractivity contribution in [2.24, 2.45) is 7.05 Å². The predicted molar refractivity (Wildman–Crippen MR) is 69.8 cm³/mol. The molecule has 0 amide bonds. The molecule has 0 aliphatic carbocycles. The van der Waals surface area contributed by atoms with Crippen LogP contribution in [0.2, 0.25) is 0 Å². The highest BCUT2D eigenvalue weighted by atomic mass is 15.1. The topological polar surface area (TPSA) is 29.9 Å². The zero-order chi connectivity index (χ0) is 12.1. The Labute approximate surface area is 103 Å². The molecule has 2 aromatic rings. The van der Waals surface area contributed by atoms with Crippen LogP contribution in [0.1, 0.15) is 24.2 Å². The van der Waals surface area contributed by atoms with Crippen molar-refractivity contribution in [3.05, 3.63) is 54.1 Å². The highest BCUT2D eigenvalue weighted by molar-refractivity contribution is 5.18. The van der Waals surface area contributed by atoms with Gasteiger partial charge in [0.25, 0.3) is 0 Å². The molecule has 1 atom stereocenters. The van der Waals surface area contributed by atoms with Gasteiger partial charge in [-0.3, -0.25) is 0 Å². The molecule has 1 unspecified atom stereocenters. The van der Waals surface area contributed by atoms with Crippen molar-refractivity contribution in [3.63, 3.8) is 0 Å². The summed E-state index contributed by atoms with van der Waals surface area (Å²) in [4.78, 5) is 4.19. The summed E-state index contributed by atoms with van der Waals surface area (Å²) in [6.07, 6.45) is 4.79. The quantitative estimate of drug-likeness (QED) is 0.852. The number of likely N-dealkylation sites (N-methyl/N-ethyl adjacent to an activating group) is 1. The van der Waals surface area contributed by atoms with E-state index in [1.165, 1.54) is 11.3 Å². The maximum Gasteiger partial charge on any atom is 0.0946 e. The zero-order valence-electron chi connectivity index (χ0n) is 10.4. The van der Waals surface area contributed by atoms with Gasteiger partial charge in [0.2, 0.25) is 0 Å². The van der Waals surface area contributed by atoms with E-state index in [2.05, 4.69) is 52.1 Å². The highest BCUT2D eigenvalue weighted by Crippen LogP contribution is 2.17. The van der Waals surface area contributed by atoms with E-state index >= 15 is 0 Å². The fraction of sp³-hybridized carbons (Fsp3) is 0.357. The molecule has 90 valence electrons. The van der Waals surface area contributed by atoms with Crippen LogP contribution in [0.5, 0.6) is 0 Å². The molecule has 0 bridgehead atoms. The van der Waals surface area contributed by atoms with Crippen LogP contribution < -0.4 is 5.32 Å². The fourth-order valence-electron chi connectivity index (χ4n) is 2.08. The SMILES string of the molecule is CCNC(Cc1ccccc1)c1cncn1C. The number of hydrogen-bond acceptors (Lipinski definition) is 2. The molecule has 0 aliphatic rings. The zero-order valence-corrected chi connectivity index (χ0v) is 10.4. The molecule has 0 fully saturated rings. The summed E-state index contributed by atoms with van der Waals surface area (Å²) in [6.45, 7) is 3.09. The average Bonchev–Trinajstić information content (AvgIpc) is 2.76. The minimum atomic E-state index is 0.329. The van der Waals surface area contributed by atoms with Crippen molar-refractivity contribution in [2.75, 3.05) is 6.54 Å². The number of rotatable bonds is 5. The number of aryl methyl sites for hydroxylation is 1. The van der Waals surface area contributed by atoms with E-state index in [0.717, 1.165) is 13.0 Å². The maximum atomic E-state index is 4.19. The number of nitrogens with one attached hydrogen (secondary N) is 1. The van der Waals surface area contributed by atoms with Crippen molar-refractivity contribution in [1.29, 1.82) is 0 Å². The summed E-state index contributed by atoms with van der Waals surface area (Å²) in [6, 6.07) is 10.9.